The molecule has 0 aliphatic heterocycles. The molecule has 0 aliphatic rings. The quantitative estimate of drug-likeness (QED) is 0.422. The lowest BCUT2D eigenvalue weighted by molar-refractivity contribution is -0.150. The number of carbonyl (C=O) groups excluding carboxylic acids is 1. The van der Waals surface area contributed by atoms with E-state index < -0.39 is 24.0 Å². The topological polar surface area (TPSA) is 81.6 Å². The zero-order chi connectivity index (χ0) is 19.9. The fourth-order valence-corrected chi connectivity index (χ4v) is 2.55. The van der Waals surface area contributed by atoms with Crippen LogP contribution in [0.2, 0.25) is 0 Å². The van der Waals surface area contributed by atoms with Gasteiger partial charge in [0.05, 0.1) is 0 Å². The molecule has 0 unspecified atom stereocenters. The molecular formula is C20H22F2N2O3. The lowest BCUT2D eigenvalue weighted by Gasteiger charge is -2.30. The molecule has 2 aromatic rings. The van der Waals surface area contributed by atoms with E-state index in [0.29, 0.717) is 0 Å². The van der Waals surface area contributed by atoms with Crippen molar-refractivity contribution in [2.45, 2.75) is 25.0 Å². The van der Waals surface area contributed by atoms with Gasteiger partial charge in [-0.15, -0.1) is 0 Å². The van der Waals surface area contributed by atoms with Crippen LogP contribution in [0.25, 0.3) is 17.2 Å². The molecule has 0 heterocycles. The number of alkyl halides is 2. The van der Waals surface area contributed by atoms with Gasteiger partial charge in [-0.3, -0.25) is 15.3 Å². The molecule has 4 N–H and O–H groups in total. The number of hydrogen-bond acceptors (Lipinski definition) is 4. The van der Waals surface area contributed by atoms with Crippen LogP contribution in [0.1, 0.15) is 12.5 Å². The molecule has 0 spiro atoms. The number of hydroxylamine groups is 1. The first kappa shape index (κ1) is 20.7. The minimum Gasteiger partial charge on any atom is -0.382 e. The van der Waals surface area contributed by atoms with E-state index in [9.17, 15) is 18.7 Å². The summed E-state index contributed by atoms with van der Waals surface area (Å²) in [7, 11) is 0. The Morgan fingerprint density at radius 2 is 1.70 bits per heavy atom. The average Bonchev–Trinajstić information content (AvgIpc) is 2.68. The summed E-state index contributed by atoms with van der Waals surface area (Å²) in [5.41, 5.74) is 1.72. The highest BCUT2D eigenvalue weighted by Gasteiger charge is 2.44. The predicted octanol–water partition coefficient (Wildman–Crippen LogP) is 2.85. The second-order valence-corrected chi connectivity index (χ2v) is 6.23. The highest BCUT2D eigenvalue weighted by Crippen LogP contribution is 2.21. The number of rotatable bonds is 8. The minimum atomic E-state index is -3.16. The number of nitrogens with one attached hydrogen (secondary N) is 2. The molecular weight excluding hydrogens is 354 g/mol. The molecule has 0 fully saturated rings. The summed E-state index contributed by atoms with van der Waals surface area (Å²) in [4.78, 5) is 11.6. The molecule has 27 heavy (non-hydrogen) atoms. The van der Waals surface area contributed by atoms with Crippen molar-refractivity contribution >= 4 is 12.0 Å². The van der Waals surface area contributed by atoms with E-state index in [-0.39, 0.29) is 6.54 Å². The third-order valence-electron chi connectivity index (χ3n) is 4.17. The van der Waals surface area contributed by atoms with Crippen molar-refractivity contribution in [3.63, 3.8) is 0 Å². The molecule has 0 saturated heterocycles. The van der Waals surface area contributed by atoms with Gasteiger partial charge in [0.15, 0.2) is 0 Å². The highest BCUT2D eigenvalue weighted by molar-refractivity contribution is 5.82. The van der Waals surface area contributed by atoms with Crippen molar-refractivity contribution < 1.29 is 23.9 Å². The van der Waals surface area contributed by atoms with Gasteiger partial charge >= 0.3 is 0 Å². The first-order chi connectivity index (χ1) is 12.9. The van der Waals surface area contributed by atoms with E-state index in [1.54, 1.807) is 12.2 Å². The lowest BCUT2D eigenvalue weighted by atomic mass is 9.96. The number of carbonyl (C=O) groups is 1. The van der Waals surface area contributed by atoms with Gasteiger partial charge < -0.3 is 5.11 Å². The number of aliphatic hydroxyl groups is 1. The van der Waals surface area contributed by atoms with E-state index in [4.69, 9.17) is 5.21 Å². The molecule has 2 aromatic carbocycles. The van der Waals surface area contributed by atoms with Gasteiger partial charge in [0, 0.05) is 6.54 Å². The number of halogens is 2. The second-order valence-electron chi connectivity index (χ2n) is 6.23. The Labute approximate surface area is 156 Å². The summed E-state index contributed by atoms with van der Waals surface area (Å²) < 4.78 is 25.9. The van der Waals surface area contributed by atoms with Crippen LogP contribution in [0.15, 0.2) is 60.7 Å². The molecule has 2 rings (SSSR count). The van der Waals surface area contributed by atoms with E-state index in [0.717, 1.165) is 23.6 Å². The average molecular weight is 376 g/mol. The first-order valence-electron chi connectivity index (χ1n) is 8.36. The van der Waals surface area contributed by atoms with Crippen molar-refractivity contribution in [1.29, 1.82) is 0 Å². The fourth-order valence-electron chi connectivity index (χ4n) is 2.55. The van der Waals surface area contributed by atoms with Gasteiger partial charge in [0.1, 0.15) is 11.6 Å². The third-order valence-corrected chi connectivity index (χ3v) is 4.17. The van der Waals surface area contributed by atoms with Gasteiger partial charge in [-0.05, 0) is 23.6 Å². The van der Waals surface area contributed by atoms with Crippen LogP contribution in [0.3, 0.4) is 0 Å². The maximum Gasteiger partial charge on any atom is 0.268 e. The zero-order valence-corrected chi connectivity index (χ0v) is 14.8. The van der Waals surface area contributed by atoms with Crippen molar-refractivity contribution in [1.82, 2.24) is 10.8 Å². The molecule has 144 valence electrons. The van der Waals surface area contributed by atoms with Crippen LogP contribution in [-0.2, 0) is 4.79 Å². The van der Waals surface area contributed by atoms with E-state index >= 15 is 0 Å². The normalized spacial score (nSPS) is 14.9. The van der Waals surface area contributed by atoms with Crippen LogP contribution in [-0.4, -0.2) is 40.8 Å². The Bertz CT molecular complexity index is 763. The van der Waals surface area contributed by atoms with Gasteiger partial charge in [-0.25, -0.2) is 14.3 Å². The number of benzene rings is 2. The lowest BCUT2D eigenvalue weighted by Crippen LogP contribution is -2.60. The molecule has 5 nitrogen and oxygen atoms in total. The highest BCUT2D eigenvalue weighted by atomic mass is 19.3. The van der Waals surface area contributed by atoms with Crippen molar-refractivity contribution in [2.24, 2.45) is 0 Å². The molecule has 0 bridgehead atoms. The summed E-state index contributed by atoms with van der Waals surface area (Å²) in [6.07, 6.45) is 0.227. The van der Waals surface area contributed by atoms with Crippen molar-refractivity contribution in [2.75, 3.05) is 6.54 Å². The number of amides is 1. The molecule has 0 radical (unpaired) electrons. The molecule has 1 amide bonds. The summed E-state index contributed by atoms with van der Waals surface area (Å²) in [5, 5.41) is 21.0. The number of hydrogen-bond donors (Lipinski definition) is 4. The Hall–Kier alpha value is -2.61. The van der Waals surface area contributed by atoms with E-state index in [1.165, 1.54) is 5.48 Å². The minimum absolute atomic E-state index is 0.0430. The van der Waals surface area contributed by atoms with Crippen LogP contribution < -0.4 is 10.8 Å². The van der Waals surface area contributed by atoms with Gasteiger partial charge in [0.2, 0.25) is 0 Å². The Kier molecular flexibility index (Phi) is 7.18. The Morgan fingerprint density at radius 1 is 1.11 bits per heavy atom. The Balaban J connectivity index is 1.98. The molecule has 0 aliphatic carbocycles. The second kappa shape index (κ2) is 9.36. The van der Waals surface area contributed by atoms with Crippen LogP contribution >= 0.6 is 0 Å². The molecule has 2 atom stereocenters. The summed E-state index contributed by atoms with van der Waals surface area (Å²) in [6.45, 7) is 0.873. The van der Waals surface area contributed by atoms with E-state index in [1.807, 2.05) is 54.6 Å². The Morgan fingerprint density at radius 3 is 2.26 bits per heavy atom. The van der Waals surface area contributed by atoms with E-state index in [2.05, 4.69) is 5.32 Å². The SMILES string of the molecule is C[C@@](O)(C(F)F)[C@H](NC/C=C/c1ccc(-c2ccccc2)cc1)C(=O)NO. The maximum absolute atomic E-state index is 12.9. The van der Waals surface area contributed by atoms with Gasteiger partial charge in [-0.1, -0.05) is 66.7 Å². The summed E-state index contributed by atoms with van der Waals surface area (Å²) in [6, 6.07) is 16.0. The zero-order valence-electron chi connectivity index (χ0n) is 14.8. The molecule has 0 saturated carbocycles. The smallest absolute Gasteiger partial charge is 0.268 e. The first-order valence-corrected chi connectivity index (χ1v) is 8.36. The van der Waals surface area contributed by atoms with Crippen molar-refractivity contribution in [3.05, 3.63) is 66.2 Å². The van der Waals surface area contributed by atoms with Crippen molar-refractivity contribution in [3.8, 4) is 11.1 Å². The van der Waals surface area contributed by atoms with Crippen LogP contribution in [0, 0.1) is 0 Å². The monoisotopic (exact) mass is 376 g/mol. The summed E-state index contributed by atoms with van der Waals surface area (Å²) in [5.74, 6) is -1.14. The molecule has 0 aromatic heterocycles. The summed E-state index contributed by atoms with van der Waals surface area (Å²) >= 11 is 0. The van der Waals surface area contributed by atoms with Gasteiger partial charge in [0.25, 0.3) is 12.3 Å². The van der Waals surface area contributed by atoms with Crippen LogP contribution in [0.5, 0.6) is 0 Å². The largest absolute Gasteiger partial charge is 0.382 e. The van der Waals surface area contributed by atoms with Crippen LogP contribution in [0.4, 0.5) is 8.78 Å². The maximum atomic E-state index is 12.9. The standard InChI is InChI=1S/C20H22F2N2O3/c1-20(26,19(21)22)17(18(25)24-27)23-13-5-6-14-9-11-16(12-10-14)15-7-3-2-4-8-15/h2-12,17,19,23,26-27H,13H2,1H3,(H,24,25)/b6-5+/t17-,20+/m1/s1. The molecule has 7 heteroatoms. The third kappa shape index (κ3) is 5.43. The fraction of sp³-hybridized carbons (Fsp3) is 0.250. The predicted molar refractivity (Wildman–Crippen MR) is 99.3 cm³/mol. The van der Waals surface area contributed by atoms with Gasteiger partial charge in [-0.2, -0.15) is 0 Å².